The first-order chi connectivity index (χ1) is 9.66. The normalized spacial score (nSPS) is 22.8. The van der Waals surface area contributed by atoms with Gasteiger partial charge in [0.1, 0.15) is 17.5 Å². The van der Waals surface area contributed by atoms with E-state index in [2.05, 4.69) is 0 Å². The van der Waals surface area contributed by atoms with Crippen molar-refractivity contribution in [3.05, 3.63) is 23.8 Å². The van der Waals surface area contributed by atoms with Crippen LogP contribution >= 0.6 is 0 Å². The molecule has 2 N–H and O–H groups in total. The number of rotatable bonds is 3. The van der Waals surface area contributed by atoms with Crippen molar-refractivity contribution in [2.24, 2.45) is 0 Å². The van der Waals surface area contributed by atoms with Crippen molar-refractivity contribution < 1.29 is 19.0 Å². The molecule has 0 spiro atoms. The molecule has 21 heavy (non-hydrogen) atoms. The third-order valence-corrected chi connectivity index (χ3v) is 3.75. The molecule has 5 nitrogen and oxygen atoms in total. The molecule has 0 bridgehead atoms. The number of carbonyl (C=O) groups excluding carboxylic acids is 1. The van der Waals surface area contributed by atoms with E-state index in [1.54, 1.807) is 18.2 Å². The standard InChI is InChI=1S/C16H23NO4/c1-15(2)9-12(16(3,4)21-15)20-14(18)10-7-6-8-11(19-5)13(10)17/h6-8,12H,9,17H2,1-5H3. The molecule has 0 saturated carbocycles. The lowest BCUT2D eigenvalue weighted by atomic mass is 9.97. The summed E-state index contributed by atoms with van der Waals surface area (Å²) in [6, 6.07) is 5.05. The maximum Gasteiger partial charge on any atom is 0.340 e. The van der Waals surface area contributed by atoms with Crippen LogP contribution < -0.4 is 10.5 Å². The van der Waals surface area contributed by atoms with Crippen molar-refractivity contribution in [1.82, 2.24) is 0 Å². The van der Waals surface area contributed by atoms with Gasteiger partial charge in [-0.25, -0.2) is 4.79 Å². The minimum absolute atomic E-state index is 0.293. The van der Waals surface area contributed by atoms with E-state index < -0.39 is 11.6 Å². The maximum atomic E-state index is 12.4. The smallest absolute Gasteiger partial charge is 0.340 e. The van der Waals surface area contributed by atoms with Crippen LogP contribution in [0.2, 0.25) is 0 Å². The second-order valence-electron chi connectivity index (χ2n) is 6.48. The van der Waals surface area contributed by atoms with Gasteiger partial charge in [-0.1, -0.05) is 6.07 Å². The molecule has 1 saturated heterocycles. The van der Waals surface area contributed by atoms with Crippen molar-refractivity contribution in [2.75, 3.05) is 12.8 Å². The second kappa shape index (κ2) is 5.22. The molecular formula is C16H23NO4. The van der Waals surface area contributed by atoms with Crippen LogP contribution in [0.5, 0.6) is 5.75 Å². The summed E-state index contributed by atoms with van der Waals surface area (Å²) in [5, 5.41) is 0. The third-order valence-electron chi connectivity index (χ3n) is 3.75. The zero-order valence-electron chi connectivity index (χ0n) is 13.2. The number of esters is 1. The number of nitrogens with two attached hydrogens (primary N) is 1. The van der Waals surface area contributed by atoms with Gasteiger partial charge in [-0.15, -0.1) is 0 Å². The molecule has 1 atom stereocenters. The first-order valence-electron chi connectivity index (χ1n) is 7.00. The van der Waals surface area contributed by atoms with Crippen molar-refractivity contribution in [1.29, 1.82) is 0 Å². The molecule has 0 radical (unpaired) electrons. The molecule has 1 aliphatic heterocycles. The number of hydrogen-bond donors (Lipinski definition) is 1. The summed E-state index contributed by atoms with van der Waals surface area (Å²) in [6.07, 6.45) is 0.334. The van der Waals surface area contributed by atoms with Gasteiger partial charge in [0.05, 0.1) is 24.0 Å². The predicted molar refractivity (Wildman–Crippen MR) is 80.5 cm³/mol. The van der Waals surface area contributed by atoms with Gasteiger partial charge >= 0.3 is 5.97 Å². The van der Waals surface area contributed by atoms with Gasteiger partial charge in [-0.05, 0) is 39.8 Å². The van der Waals surface area contributed by atoms with Crippen LogP contribution in [0.4, 0.5) is 5.69 Å². The van der Waals surface area contributed by atoms with E-state index in [0.29, 0.717) is 23.4 Å². The highest BCUT2D eigenvalue weighted by molar-refractivity contribution is 5.96. The van der Waals surface area contributed by atoms with E-state index in [-0.39, 0.29) is 11.7 Å². The molecule has 0 aromatic heterocycles. The van der Waals surface area contributed by atoms with Gasteiger partial charge in [-0.3, -0.25) is 0 Å². The van der Waals surface area contributed by atoms with Gasteiger partial charge < -0.3 is 19.9 Å². The van der Waals surface area contributed by atoms with Gasteiger partial charge in [0.2, 0.25) is 0 Å². The molecule has 1 unspecified atom stereocenters. The quantitative estimate of drug-likeness (QED) is 0.685. The Labute approximate surface area is 125 Å². The zero-order valence-corrected chi connectivity index (χ0v) is 13.2. The summed E-state index contributed by atoms with van der Waals surface area (Å²) in [5.74, 6) is 0.0116. The maximum absolute atomic E-state index is 12.4. The van der Waals surface area contributed by atoms with E-state index >= 15 is 0 Å². The molecule has 1 heterocycles. The molecule has 1 aliphatic rings. The summed E-state index contributed by atoms with van der Waals surface area (Å²) < 4.78 is 16.7. The number of nitrogen functional groups attached to an aromatic ring is 1. The molecule has 5 heteroatoms. The lowest BCUT2D eigenvalue weighted by Gasteiger charge is -2.27. The van der Waals surface area contributed by atoms with Crippen LogP contribution in [0.15, 0.2) is 18.2 Å². The Bertz CT molecular complexity index is 551. The summed E-state index contributed by atoms with van der Waals surface area (Å²) in [5.41, 5.74) is 5.71. The van der Waals surface area contributed by atoms with E-state index in [4.69, 9.17) is 19.9 Å². The average Bonchev–Trinajstić information content (AvgIpc) is 2.57. The van der Waals surface area contributed by atoms with E-state index in [9.17, 15) is 4.79 Å². The molecular weight excluding hydrogens is 270 g/mol. The Hall–Kier alpha value is -1.75. The van der Waals surface area contributed by atoms with E-state index in [1.807, 2.05) is 27.7 Å². The highest BCUT2D eigenvalue weighted by atomic mass is 16.6. The fourth-order valence-electron chi connectivity index (χ4n) is 2.79. The van der Waals surface area contributed by atoms with Gasteiger partial charge in [0, 0.05) is 6.42 Å². The fourth-order valence-corrected chi connectivity index (χ4v) is 2.79. The molecule has 0 aliphatic carbocycles. The minimum atomic E-state index is -0.521. The van der Waals surface area contributed by atoms with Crippen LogP contribution in [0.1, 0.15) is 44.5 Å². The monoisotopic (exact) mass is 293 g/mol. The van der Waals surface area contributed by atoms with Gasteiger partial charge in [-0.2, -0.15) is 0 Å². The number of anilines is 1. The summed E-state index contributed by atoms with van der Waals surface area (Å²) in [4.78, 5) is 12.4. The van der Waals surface area contributed by atoms with E-state index in [0.717, 1.165) is 0 Å². The van der Waals surface area contributed by atoms with Crippen molar-refractivity contribution in [2.45, 2.75) is 51.4 Å². The number of methoxy groups -OCH3 is 1. The summed E-state index contributed by atoms with van der Waals surface area (Å²) in [6.45, 7) is 7.83. The predicted octanol–water partition coefficient (Wildman–Crippen LogP) is 2.78. The van der Waals surface area contributed by atoms with Crippen LogP contribution in [0.25, 0.3) is 0 Å². The molecule has 1 aromatic rings. The summed E-state index contributed by atoms with van der Waals surface area (Å²) in [7, 11) is 1.51. The molecule has 116 valence electrons. The summed E-state index contributed by atoms with van der Waals surface area (Å²) >= 11 is 0. The topological polar surface area (TPSA) is 70.8 Å². The number of hydrogen-bond acceptors (Lipinski definition) is 5. The van der Waals surface area contributed by atoms with Crippen LogP contribution in [0, 0.1) is 0 Å². The third kappa shape index (κ3) is 3.13. The Morgan fingerprint density at radius 3 is 2.52 bits per heavy atom. The van der Waals surface area contributed by atoms with Crippen molar-refractivity contribution in [3.63, 3.8) is 0 Å². The minimum Gasteiger partial charge on any atom is -0.495 e. The number of carbonyl (C=O) groups is 1. The number of ether oxygens (including phenoxy) is 3. The first kappa shape index (κ1) is 15.6. The molecule has 0 amide bonds. The Balaban J connectivity index is 2.19. The van der Waals surface area contributed by atoms with E-state index in [1.165, 1.54) is 7.11 Å². The Morgan fingerprint density at radius 2 is 2.00 bits per heavy atom. The largest absolute Gasteiger partial charge is 0.495 e. The Kier molecular flexibility index (Phi) is 3.89. The SMILES string of the molecule is COc1cccc(C(=O)OC2CC(C)(C)OC2(C)C)c1N. The first-order valence-corrected chi connectivity index (χ1v) is 7.00. The lowest BCUT2D eigenvalue weighted by molar-refractivity contribution is -0.0924. The molecule has 1 aromatic carbocycles. The lowest BCUT2D eigenvalue weighted by Crippen LogP contribution is -2.36. The highest BCUT2D eigenvalue weighted by Crippen LogP contribution is 2.39. The zero-order chi connectivity index (χ0) is 15.8. The molecule has 1 fully saturated rings. The molecule has 2 rings (SSSR count). The van der Waals surface area contributed by atoms with Crippen LogP contribution in [-0.4, -0.2) is 30.4 Å². The van der Waals surface area contributed by atoms with Crippen molar-refractivity contribution >= 4 is 11.7 Å². The number of para-hydroxylation sites is 1. The van der Waals surface area contributed by atoms with Crippen LogP contribution in [0.3, 0.4) is 0 Å². The van der Waals surface area contributed by atoms with Gasteiger partial charge in [0.15, 0.2) is 0 Å². The second-order valence-corrected chi connectivity index (χ2v) is 6.48. The highest BCUT2D eigenvalue weighted by Gasteiger charge is 2.48. The van der Waals surface area contributed by atoms with Crippen LogP contribution in [-0.2, 0) is 9.47 Å². The Morgan fingerprint density at radius 1 is 1.33 bits per heavy atom. The number of benzene rings is 1. The average molecular weight is 293 g/mol. The van der Waals surface area contributed by atoms with Gasteiger partial charge in [0.25, 0.3) is 0 Å². The van der Waals surface area contributed by atoms with Crippen molar-refractivity contribution in [3.8, 4) is 5.75 Å². The fraction of sp³-hybridized carbons (Fsp3) is 0.562.